The lowest BCUT2D eigenvalue weighted by atomic mass is 9.83. The molecule has 14 heavy (non-hydrogen) atoms. The van der Waals surface area contributed by atoms with E-state index in [1.54, 1.807) is 11.8 Å². The minimum atomic E-state index is 1.11. The summed E-state index contributed by atoms with van der Waals surface area (Å²) < 4.78 is 0. The Balaban J connectivity index is 2.84. The van der Waals surface area contributed by atoms with Gasteiger partial charge in [0.05, 0.1) is 0 Å². The highest BCUT2D eigenvalue weighted by Gasteiger charge is 2.14. The third-order valence-corrected chi connectivity index (χ3v) is 2.91. The Bertz CT molecular complexity index is 350. The van der Waals surface area contributed by atoms with Gasteiger partial charge in [-0.05, 0) is 49.2 Å². The Hall–Kier alpha value is -0.695. The molecular formula is C11H15BNS. The number of hydrogen-bond acceptors (Lipinski definition) is 2. The summed E-state index contributed by atoms with van der Waals surface area (Å²) in [5.41, 5.74) is 4.90. The minimum absolute atomic E-state index is 1.11. The molecule has 1 aliphatic rings. The van der Waals surface area contributed by atoms with Crippen LogP contribution in [0.5, 0.6) is 0 Å². The van der Waals surface area contributed by atoms with E-state index < -0.39 is 0 Å². The zero-order chi connectivity index (χ0) is 10.7. The highest BCUT2D eigenvalue weighted by molar-refractivity contribution is 8.05. The Morgan fingerprint density at radius 1 is 1.43 bits per heavy atom. The van der Waals surface area contributed by atoms with Crippen LogP contribution < -0.4 is 0 Å². The predicted octanol–water partition coefficient (Wildman–Crippen LogP) is 3.52. The summed E-state index contributed by atoms with van der Waals surface area (Å²) >= 11 is 1.67. The zero-order valence-corrected chi connectivity index (χ0v) is 10.0. The standard InChI is InChI=1S/C11H15BNS/c1-7(2)14-6-8(3)11-9(4)12-13-10(11)5/h6H,1H2,2-5H3/b8-6+. The van der Waals surface area contributed by atoms with Gasteiger partial charge in [0.2, 0.25) is 0 Å². The lowest BCUT2D eigenvalue weighted by molar-refractivity contribution is 1.43. The fourth-order valence-corrected chi connectivity index (χ4v) is 1.95. The summed E-state index contributed by atoms with van der Waals surface area (Å²) in [5.74, 6) is 0. The molecule has 1 radical (unpaired) electrons. The van der Waals surface area contributed by atoms with E-state index in [2.05, 4.69) is 30.7 Å². The van der Waals surface area contributed by atoms with Gasteiger partial charge in [0.25, 0.3) is 0 Å². The molecule has 0 unspecified atom stereocenters. The molecule has 0 saturated carbocycles. The van der Waals surface area contributed by atoms with Gasteiger partial charge in [-0.3, -0.25) is 0 Å². The third kappa shape index (κ3) is 2.64. The molecule has 1 aliphatic heterocycles. The van der Waals surface area contributed by atoms with Crippen LogP contribution in [0, 0.1) is 0 Å². The van der Waals surface area contributed by atoms with Gasteiger partial charge in [0.1, 0.15) is 0 Å². The molecule has 0 aromatic carbocycles. The molecule has 0 saturated heterocycles. The van der Waals surface area contributed by atoms with E-state index in [1.807, 2.05) is 21.3 Å². The molecule has 1 heterocycles. The molecule has 0 aliphatic carbocycles. The molecule has 0 fully saturated rings. The third-order valence-electron chi connectivity index (χ3n) is 2.04. The number of nitrogens with zero attached hydrogens (tertiary/aromatic N) is 1. The Morgan fingerprint density at radius 3 is 2.50 bits per heavy atom. The smallest absolute Gasteiger partial charge is 0.308 e. The van der Waals surface area contributed by atoms with Crippen molar-refractivity contribution in [1.29, 1.82) is 0 Å². The average molecular weight is 204 g/mol. The molecule has 0 aromatic rings. The van der Waals surface area contributed by atoms with Crippen molar-refractivity contribution in [3.63, 3.8) is 0 Å². The van der Waals surface area contributed by atoms with Crippen LogP contribution in [0.2, 0.25) is 0 Å². The van der Waals surface area contributed by atoms with Crippen LogP contribution in [0.15, 0.2) is 38.4 Å². The number of allylic oxidation sites excluding steroid dienone is 4. The van der Waals surface area contributed by atoms with Crippen molar-refractivity contribution >= 4 is 24.9 Å². The van der Waals surface area contributed by atoms with E-state index in [1.165, 1.54) is 16.6 Å². The second-order valence-electron chi connectivity index (χ2n) is 3.52. The van der Waals surface area contributed by atoms with Crippen molar-refractivity contribution in [2.75, 3.05) is 0 Å². The summed E-state index contributed by atoms with van der Waals surface area (Å²) in [5, 5.41) is 2.14. The first-order valence-electron chi connectivity index (χ1n) is 4.60. The van der Waals surface area contributed by atoms with Gasteiger partial charge >= 0.3 is 7.41 Å². The zero-order valence-electron chi connectivity index (χ0n) is 9.22. The van der Waals surface area contributed by atoms with Gasteiger partial charge in [-0.15, -0.1) is 11.8 Å². The normalized spacial score (nSPS) is 16.9. The van der Waals surface area contributed by atoms with E-state index in [4.69, 9.17) is 0 Å². The van der Waals surface area contributed by atoms with Gasteiger partial charge in [-0.2, -0.15) is 0 Å². The lowest BCUT2D eigenvalue weighted by Gasteiger charge is -2.05. The second-order valence-corrected chi connectivity index (χ2v) is 4.69. The molecule has 0 N–H and O–H groups in total. The molecule has 0 aromatic heterocycles. The van der Waals surface area contributed by atoms with Crippen LogP contribution in [-0.2, 0) is 0 Å². The molecule has 0 spiro atoms. The molecule has 1 rings (SSSR count). The first kappa shape index (κ1) is 11.4. The monoisotopic (exact) mass is 204 g/mol. The first-order chi connectivity index (χ1) is 6.52. The van der Waals surface area contributed by atoms with Crippen molar-refractivity contribution < 1.29 is 0 Å². The van der Waals surface area contributed by atoms with Crippen LogP contribution in [-0.4, -0.2) is 13.1 Å². The summed E-state index contributed by atoms with van der Waals surface area (Å²) in [6.07, 6.45) is 0. The van der Waals surface area contributed by atoms with Crippen LogP contribution >= 0.6 is 11.8 Å². The van der Waals surface area contributed by atoms with E-state index in [0.29, 0.717) is 0 Å². The number of hydrogen-bond donors (Lipinski definition) is 0. The summed E-state index contributed by atoms with van der Waals surface area (Å²) in [7, 11) is 1.92. The fraction of sp³-hybridized carbons (Fsp3) is 0.364. The van der Waals surface area contributed by atoms with Crippen LogP contribution in [0.4, 0.5) is 0 Å². The van der Waals surface area contributed by atoms with E-state index in [-0.39, 0.29) is 0 Å². The first-order valence-corrected chi connectivity index (χ1v) is 5.48. The van der Waals surface area contributed by atoms with Crippen LogP contribution in [0.1, 0.15) is 27.7 Å². The maximum atomic E-state index is 4.29. The molecule has 0 atom stereocenters. The highest BCUT2D eigenvalue weighted by atomic mass is 32.2. The molecule has 1 nitrogen and oxygen atoms in total. The molecule has 73 valence electrons. The lowest BCUT2D eigenvalue weighted by Crippen LogP contribution is -1.96. The van der Waals surface area contributed by atoms with Gasteiger partial charge in [-0.1, -0.05) is 12.1 Å². The molecule has 0 bridgehead atoms. The van der Waals surface area contributed by atoms with Crippen molar-refractivity contribution in [2.24, 2.45) is 4.90 Å². The molecule has 3 heteroatoms. The summed E-state index contributed by atoms with van der Waals surface area (Å²) in [4.78, 5) is 5.40. The van der Waals surface area contributed by atoms with Gasteiger partial charge in [0, 0.05) is 5.71 Å². The fourth-order valence-electron chi connectivity index (χ4n) is 1.45. The van der Waals surface area contributed by atoms with Crippen LogP contribution in [0.25, 0.3) is 0 Å². The Morgan fingerprint density at radius 2 is 2.07 bits per heavy atom. The van der Waals surface area contributed by atoms with E-state index >= 15 is 0 Å². The minimum Gasteiger partial charge on any atom is -0.346 e. The highest BCUT2D eigenvalue weighted by Crippen LogP contribution is 2.25. The van der Waals surface area contributed by atoms with Crippen molar-refractivity contribution in [2.45, 2.75) is 27.7 Å². The van der Waals surface area contributed by atoms with Crippen LogP contribution in [0.3, 0.4) is 0 Å². The van der Waals surface area contributed by atoms with Gasteiger partial charge < -0.3 is 4.90 Å². The summed E-state index contributed by atoms with van der Waals surface area (Å²) in [6, 6.07) is 0. The number of rotatable bonds is 3. The van der Waals surface area contributed by atoms with E-state index in [0.717, 1.165) is 10.6 Å². The maximum Gasteiger partial charge on any atom is 0.308 e. The second kappa shape index (κ2) is 4.69. The Kier molecular flexibility index (Phi) is 3.82. The largest absolute Gasteiger partial charge is 0.346 e. The van der Waals surface area contributed by atoms with Gasteiger partial charge in [-0.25, -0.2) is 0 Å². The van der Waals surface area contributed by atoms with Gasteiger partial charge in [0.15, 0.2) is 0 Å². The molecule has 0 amide bonds. The Labute approximate surface area is 91.3 Å². The van der Waals surface area contributed by atoms with Crippen molar-refractivity contribution in [1.82, 2.24) is 0 Å². The number of thioether (sulfide) groups is 1. The maximum absolute atomic E-state index is 4.29. The van der Waals surface area contributed by atoms with Crippen molar-refractivity contribution in [3.8, 4) is 0 Å². The SMILES string of the molecule is C=C(C)S/C=C(\C)C1=C(C)[B]N=C1C. The van der Waals surface area contributed by atoms with E-state index in [9.17, 15) is 0 Å². The predicted molar refractivity (Wildman–Crippen MR) is 67.7 cm³/mol. The topological polar surface area (TPSA) is 12.4 Å². The van der Waals surface area contributed by atoms with Crippen molar-refractivity contribution in [3.05, 3.63) is 33.5 Å². The average Bonchev–Trinajstić information content (AvgIpc) is 2.42. The summed E-state index contributed by atoms with van der Waals surface area (Å²) in [6.45, 7) is 12.1. The quantitative estimate of drug-likeness (QED) is 0.640. The molecular weight excluding hydrogens is 189 g/mol.